The second kappa shape index (κ2) is 7.79. The maximum Gasteiger partial charge on any atom is 0.321 e. The fourth-order valence-electron chi connectivity index (χ4n) is 2.76. The maximum atomic E-state index is 12.4. The summed E-state index contributed by atoms with van der Waals surface area (Å²) < 4.78 is 5.94. The molecule has 6 nitrogen and oxygen atoms in total. The van der Waals surface area contributed by atoms with Crippen molar-refractivity contribution in [3.05, 3.63) is 54.2 Å². The van der Waals surface area contributed by atoms with Crippen LogP contribution in [-0.2, 0) is 6.54 Å². The minimum atomic E-state index is -0.0989. The molecule has 2 heterocycles. The van der Waals surface area contributed by atoms with E-state index < -0.39 is 0 Å². The van der Waals surface area contributed by atoms with Crippen molar-refractivity contribution in [2.45, 2.75) is 25.5 Å². The maximum absolute atomic E-state index is 12.4. The molecule has 1 aromatic carbocycles. The Labute approximate surface area is 141 Å². The third kappa shape index (κ3) is 4.23. The molecule has 1 fully saturated rings. The van der Waals surface area contributed by atoms with Crippen molar-refractivity contribution < 1.29 is 9.53 Å². The Morgan fingerprint density at radius 3 is 2.96 bits per heavy atom. The first-order valence-electron chi connectivity index (χ1n) is 8.17. The van der Waals surface area contributed by atoms with Crippen molar-refractivity contribution in [2.75, 3.05) is 18.4 Å². The lowest BCUT2D eigenvalue weighted by Gasteiger charge is -2.32. The minimum absolute atomic E-state index is 0.0548. The summed E-state index contributed by atoms with van der Waals surface area (Å²) in [6.07, 6.45) is 3.45. The number of hydrogen-bond acceptors (Lipinski definition) is 4. The lowest BCUT2D eigenvalue weighted by atomic mass is 10.1. The summed E-state index contributed by atoms with van der Waals surface area (Å²) in [5.74, 6) is 0.563. The molecule has 126 valence electrons. The predicted octanol–water partition coefficient (Wildman–Crippen LogP) is 2.62. The summed E-state index contributed by atoms with van der Waals surface area (Å²) in [5.41, 5.74) is 7.42. The Morgan fingerprint density at radius 1 is 1.33 bits per heavy atom. The van der Waals surface area contributed by atoms with E-state index in [1.165, 1.54) is 0 Å². The van der Waals surface area contributed by atoms with Crippen LogP contribution in [0.4, 0.5) is 10.5 Å². The van der Waals surface area contributed by atoms with Crippen LogP contribution in [0.15, 0.2) is 48.7 Å². The van der Waals surface area contributed by atoms with Crippen LogP contribution in [0.3, 0.4) is 0 Å². The number of rotatable bonds is 4. The molecule has 1 unspecified atom stereocenters. The Bertz CT molecular complexity index is 678. The van der Waals surface area contributed by atoms with Crippen LogP contribution in [0, 0.1) is 0 Å². The quantitative estimate of drug-likeness (QED) is 0.905. The molecule has 0 bridgehead atoms. The van der Waals surface area contributed by atoms with Gasteiger partial charge in [0.15, 0.2) is 0 Å². The number of nitrogens with zero attached hydrogens (tertiary/aromatic N) is 2. The van der Waals surface area contributed by atoms with Gasteiger partial charge in [0.2, 0.25) is 5.88 Å². The van der Waals surface area contributed by atoms with Gasteiger partial charge in [0.1, 0.15) is 6.10 Å². The number of carbonyl (C=O) groups excluding carboxylic acids is 1. The van der Waals surface area contributed by atoms with E-state index in [1.54, 1.807) is 11.1 Å². The van der Waals surface area contributed by atoms with E-state index in [0.29, 0.717) is 19.0 Å². The molecule has 1 aliphatic rings. The lowest BCUT2D eigenvalue weighted by molar-refractivity contribution is 0.102. The minimum Gasteiger partial charge on any atom is -0.472 e. The SMILES string of the molecule is NCc1ccnc(OC2CCCN(C(=O)Nc3ccccc3)C2)c1. The van der Waals surface area contributed by atoms with Gasteiger partial charge in [0, 0.05) is 31.0 Å². The highest BCUT2D eigenvalue weighted by Crippen LogP contribution is 2.18. The van der Waals surface area contributed by atoms with Gasteiger partial charge in [0.05, 0.1) is 6.54 Å². The summed E-state index contributed by atoms with van der Waals surface area (Å²) in [6.45, 7) is 1.73. The van der Waals surface area contributed by atoms with Gasteiger partial charge in [-0.25, -0.2) is 9.78 Å². The Hall–Kier alpha value is -2.60. The average Bonchev–Trinajstić information content (AvgIpc) is 2.63. The lowest BCUT2D eigenvalue weighted by Crippen LogP contribution is -2.46. The number of hydrogen-bond donors (Lipinski definition) is 2. The van der Waals surface area contributed by atoms with Gasteiger partial charge in [-0.3, -0.25) is 0 Å². The number of nitrogens with one attached hydrogen (secondary N) is 1. The van der Waals surface area contributed by atoms with E-state index in [9.17, 15) is 4.79 Å². The molecular formula is C18H22N4O2. The van der Waals surface area contributed by atoms with E-state index in [1.807, 2.05) is 42.5 Å². The number of benzene rings is 1. The summed E-state index contributed by atoms with van der Waals surface area (Å²) in [5, 5.41) is 2.91. The predicted molar refractivity (Wildman–Crippen MR) is 92.8 cm³/mol. The summed E-state index contributed by atoms with van der Waals surface area (Å²) in [4.78, 5) is 18.4. The van der Waals surface area contributed by atoms with Gasteiger partial charge >= 0.3 is 6.03 Å². The molecule has 0 aliphatic carbocycles. The number of anilines is 1. The van der Waals surface area contributed by atoms with Gasteiger partial charge in [-0.15, -0.1) is 0 Å². The first kappa shape index (κ1) is 16.3. The highest BCUT2D eigenvalue weighted by atomic mass is 16.5. The van der Waals surface area contributed by atoms with Gasteiger partial charge < -0.3 is 20.7 Å². The first-order chi connectivity index (χ1) is 11.7. The zero-order valence-electron chi connectivity index (χ0n) is 13.5. The molecule has 6 heteroatoms. The van der Waals surface area contributed by atoms with Crippen molar-refractivity contribution in [1.82, 2.24) is 9.88 Å². The van der Waals surface area contributed by atoms with E-state index in [2.05, 4.69) is 10.3 Å². The van der Waals surface area contributed by atoms with E-state index >= 15 is 0 Å². The molecule has 24 heavy (non-hydrogen) atoms. The van der Waals surface area contributed by atoms with Crippen molar-refractivity contribution in [2.24, 2.45) is 5.73 Å². The van der Waals surface area contributed by atoms with E-state index in [4.69, 9.17) is 10.5 Å². The van der Waals surface area contributed by atoms with Crippen LogP contribution in [-0.4, -0.2) is 35.1 Å². The van der Waals surface area contributed by atoms with Gasteiger partial charge in [-0.05, 0) is 36.6 Å². The standard InChI is InChI=1S/C18H22N4O2/c19-12-14-8-9-20-17(11-14)24-16-7-4-10-22(13-16)18(23)21-15-5-2-1-3-6-15/h1-3,5-6,8-9,11,16H,4,7,10,12-13,19H2,(H,21,23). The van der Waals surface area contributed by atoms with Gasteiger partial charge in [0.25, 0.3) is 0 Å². The fraction of sp³-hybridized carbons (Fsp3) is 0.333. The van der Waals surface area contributed by atoms with E-state index in [-0.39, 0.29) is 12.1 Å². The summed E-state index contributed by atoms with van der Waals surface area (Å²) in [6, 6.07) is 13.1. The summed E-state index contributed by atoms with van der Waals surface area (Å²) >= 11 is 0. The second-order valence-corrected chi connectivity index (χ2v) is 5.83. The molecule has 3 rings (SSSR count). The highest BCUT2D eigenvalue weighted by Gasteiger charge is 2.25. The average molecular weight is 326 g/mol. The van der Waals surface area contributed by atoms with Gasteiger partial charge in [-0.1, -0.05) is 18.2 Å². The molecule has 1 aliphatic heterocycles. The normalized spacial score (nSPS) is 17.4. The van der Waals surface area contributed by atoms with Crippen LogP contribution in [0.5, 0.6) is 5.88 Å². The first-order valence-corrected chi connectivity index (χ1v) is 8.17. The van der Waals surface area contributed by atoms with E-state index in [0.717, 1.165) is 30.6 Å². The van der Waals surface area contributed by atoms with Crippen molar-refractivity contribution in [1.29, 1.82) is 0 Å². The Morgan fingerprint density at radius 2 is 2.17 bits per heavy atom. The molecule has 2 aromatic rings. The molecule has 2 amide bonds. The number of carbonyl (C=O) groups is 1. The number of para-hydroxylation sites is 1. The van der Waals surface area contributed by atoms with Crippen LogP contribution in [0.2, 0.25) is 0 Å². The molecule has 1 atom stereocenters. The molecule has 0 spiro atoms. The van der Waals surface area contributed by atoms with Crippen molar-refractivity contribution >= 4 is 11.7 Å². The molecule has 0 radical (unpaired) electrons. The van der Waals surface area contributed by atoms with Crippen molar-refractivity contribution in [3.8, 4) is 5.88 Å². The Kier molecular flexibility index (Phi) is 5.28. The summed E-state index contributed by atoms with van der Waals surface area (Å²) in [7, 11) is 0. The highest BCUT2D eigenvalue weighted by molar-refractivity contribution is 5.89. The largest absolute Gasteiger partial charge is 0.472 e. The number of urea groups is 1. The third-order valence-corrected chi connectivity index (χ3v) is 4.01. The van der Waals surface area contributed by atoms with Crippen LogP contribution >= 0.6 is 0 Å². The van der Waals surface area contributed by atoms with Crippen molar-refractivity contribution in [3.63, 3.8) is 0 Å². The monoisotopic (exact) mass is 326 g/mol. The smallest absolute Gasteiger partial charge is 0.321 e. The molecular weight excluding hydrogens is 304 g/mol. The number of likely N-dealkylation sites (tertiary alicyclic amines) is 1. The number of piperidine rings is 1. The van der Waals surface area contributed by atoms with Crippen LogP contribution < -0.4 is 15.8 Å². The molecule has 3 N–H and O–H groups in total. The number of pyridine rings is 1. The number of aromatic nitrogens is 1. The zero-order valence-corrected chi connectivity index (χ0v) is 13.5. The number of ether oxygens (including phenoxy) is 1. The number of amides is 2. The third-order valence-electron chi connectivity index (χ3n) is 4.01. The number of nitrogens with two attached hydrogens (primary N) is 1. The second-order valence-electron chi connectivity index (χ2n) is 5.83. The molecule has 1 aromatic heterocycles. The van der Waals surface area contributed by atoms with Crippen LogP contribution in [0.25, 0.3) is 0 Å². The van der Waals surface area contributed by atoms with Crippen LogP contribution in [0.1, 0.15) is 18.4 Å². The zero-order chi connectivity index (χ0) is 16.8. The molecule has 0 saturated carbocycles. The van der Waals surface area contributed by atoms with Gasteiger partial charge in [-0.2, -0.15) is 0 Å². The topological polar surface area (TPSA) is 80.5 Å². The molecule has 1 saturated heterocycles. The Balaban J connectivity index is 1.58. The fourth-order valence-corrected chi connectivity index (χ4v) is 2.76.